The summed E-state index contributed by atoms with van der Waals surface area (Å²) >= 11 is 0. The molecule has 0 radical (unpaired) electrons. The first-order valence-electron chi connectivity index (χ1n) is 4.03. The van der Waals surface area contributed by atoms with Crippen LogP contribution in [0.1, 0.15) is 6.92 Å². The maximum absolute atomic E-state index is 11.8. The van der Waals surface area contributed by atoms with Crippen LogP contribution in [0.2, 0.25) is 0 Å². The van der Waals surface area contributed by atoms with Crippen molar-refractivity contribution in [3.05, 3.63) is 0 Å². The summed E-state index contributed by atoms with van der Waals surface area (Å²) in [6, 6.07) is 0. The average Bonchev–Trinajstić information content (AvgIpc) is 2.14. The van der Waals surface area contributed by atoms with E-state index in [0.717, 1.165) is 0 Å². The van der Waals surface area contributed by atoms with E-state index in [1.165, 1.54) is 20.4 Å². The molecule has 0 aromatic heterocycles. The number of ether oxygens (including phenoxy) is 2. The third-order valence-electron chi connectivity index (χ3n) is 1.25. The summed E-state index contributed by atoms with van der Waals surface area (Å²) in [5.41, 5.74) is 0. The summed E-state index contributed by atoms with van der Waals surface area (Å²) in [6.45, 7) is 0.969. The van der Waals surface area contributed by atoms with Gasteiger partial charge in [0.1, 0.15) is 6.23 Å². The van der Waals surface area contributed by atoms with Crippen molar-refractivity contribution in [2.24, 2.45) is 9.98 Å². The molecule has 0 fully saturated rings. The van der Waals surface area contributed by atoms with Gasteiger partial charge in [-0.15, -0.1) is 0 Å². The van der Waals surface area contributed by atoms with Gasteiger partial charge in [-0.2, -0.15) is 0 Å². The highest BCUT2D eigenvalue weighted by atomic mass is 19.3. The number of halogens is 2. The van der Waals surface area contributed by atoms with E-state index in [9.17, 15) is 8.78 Å². The van der Waals surface area contributed by atoms with Crippen molar-refractivity contribution in [1.29, 1.82) is 0 Å². The fourth-order valence-corrected chi connectivity index (χ4v) is 0.599. The standard InChI is InChI=1S/C8H14F2N2O2/c1-6(13-3)12-8(4-11-2)14-5-7(9)10/h4,6-7H,5H2,1-3H3. The number of alkyl halides is 2. The van der Waals surface area contributed by atoms with Crippen LogP contribution < -0.4 is 0 Å². The number of hydrogen-bond donors (Lipinski definition) is 0. The fraction of sp³-hybridized carbons (Fsp3) is 0.750. The Hall–Kier alpha value is -1.04. The molecule has 0 aliphatic rings. The fourth-order valence-electron chi connectivity index (χ4n) is 0.599. The number of methoxy groups -OCH3 is 1. The predicted molar refractivity (Wildman–Crippen MR) is 50.3 cm³/mol. The Morgan fingerprint density at radius 3 is 2.57 bits per heavy atom. The van der Waals surface area contributed by atoms with Crippen molar-refractivity contribution < 1.29 is 18.3 Å². The summed E-state index contributed by atoms with van der Waals surface area (Å²) in [6.07, 6.45) is -1.71. The third-order valence-corrected chi connectivity index (χ3v) is 1.25. The van der Waals surface area contributed by atoms with E-state index in [0.29, 0.717) is 0 Å². The molecule has 14 heavy (non-hydrogen) atoms. The van der Waals surface area contributed by atoms with Crippen LogP contribution >= 0.6 is 0 Å². The summed E-state index contributed by atoms with van der Waals surface area (Å²) in [7, 11) is 2.96. The molecule has 0 N–H and O–H groups in total. The zero-order valence-electron chi connectivity index (χ0n) is 8.41. The number of rotatable bonds is 5. The highest BCUT2D eigenvalue weighted by Gasteiger charge is 2.06. The van der Waals surface area contributed by atoms with Crippen molar-refractivity contribution in [2.75, 3.05) is 20.8 Å². The van der Waals surface area contributed by atoms with Gasteiger partial charge < -0.3 is 9.47 Å². The minimum absolute atomic E-state index is 0.0437. The van der Waals surface area contributed by atoms with Gasteiger partial charge in [-0.05, 0) is 6.92 Å². The normalized spacial score (nSPS) is 15.1. The lowest BCUT2D eigenvalue weighted by atomic mass is 10.6. The number of nitrogens with zero attached hydrogens (tertiary/aromatic N) is 2. The van der Waals surface area contributed by atoms with E-state index in [4.69, 9.17) is 4.74 Å². The van der Waals surface area contributed by atoms with Crippen LogP contribution in [0.4, 0.5) is 8.78 Å². The Bertz CT molecular complexity index is 208. The summed E-state index contributed by atoms with van der Waals surface area (Å²) in [5.74, 6) is 0.0437. The Morgan fingerprint density at radius 1 is 1.50 bits per heavy atom. The van der Waals surface area contributed by atoms with E-state index >= 15 is 0 Å². The van der Waals surface area contributed by atoms with Gasteiger partial charge in [-0.1, -0.05) is 0 Å². The first-order chi connectivity index (χ1) is 6.60. The molecule has 0 rings (SSSR count). The molecule has 6 heteroatoms. The number of hydrogen-bond acceptors (Lipinski definition) is 4. The molecule has 4 nitrogen and oxygen atoms in total. The summed E-state index contributed by atoms with van der Waals surface area (Å²) < 4.78 is 33.1. The zero-order chi connectivity index (χ0) is 11.0. The molecule has 0 saturated carbocycles. The highest BCUT2D eigenvalue weighted by molar-refractivity contribution is 6.26. The minimum Gasteiger partial charge on any atom is -0.471 e. The Morgan fingerprint density at radius 2 is 2.14 bits per heavy atom. The van der Waals surface area contributed by atoms with Crippen LogP contribution in [0.3, 0.4) is 0 Å². The van der Waals surface area contributed by atoms with Crippen molar-refractivity contribution in [3.63, 3.8) is 0 Å². The second-order valence-corrected chi connectivity index (χ2v) is 2.39. The maximum Gasteiger partial charge on any atom is 0.272 e. The smallest absolute Gasteiger partial charge is 0.272 e. The average molecular weight is 208 g/mol. The molecule has 0 heterocycles. The molecule has 0 bridgehead atoms. The Kier molecular flexibility index (Phi) is 6.82. The van der Waals surface area contributed by atoms with Gasteiger partial charge in [0.05, 0.1) is 6.21 Å². The lowest BCUT2D eigenvalue weighted by Gasteiger charge is -2.07. The van der Waals surface area contributed by atoms with Gasteiger partial charge in [-0.3, -0.25) is 4.99 Å². The molecule has 0 amide bonds. The molecule has 0 saturated heterocycles. The Balaban J connectivity index is 4.21. The van der Waals surface area contributed by atoms with Crippen molar-refractivity contribution in [3.8, 4) is 0 Å². The minimum atomic E-state index is -2.52. The molecule has 1 atom stereocenters. The molecule has 0 aliphatic heterocycles. The van der Waals surface area contributed by atoms with E-state index in [2.05, 4.69) is 14.7 Å². The van der Waals surface area contributed by atoms with E-state index in [1.807, 2.05) is 0 Å². The summed E-state index contributed by atoms with van der Waals surface area (Å²) in [4.78, 5) is 7.47. The van der Waals surface area contributed by atoms with Crippen LogP contribution in [-0.2, 0) is 9.47 Å². The van der Waals surface area contributed by atoms with Crippen molar-refractivity contribution in [2.45, 2.75) is 19.6 Å². The van der Waals surface area contributed by atoms with E-state index in [1.54, 1.807) is 6.92 Å². The van der Waals surface area contributed by atoms with Gasteiger partial charge in [0.25, 0.3) is 6.43 Å². The first kappa shape index (κ1) is 13.0. The van der Waals surface area contributed by atoms with Crippen LogP contribution in [0.15, 0.2) is 9.98 Å². The predicted octanol–water partition coefficient (Wildman–Crippen LogP) is 1.36. The quantitative estimate of drug-likeness (QED) is 0.505. The van der Waals surface area contributed by atoms with Gasteiger partial charge in [0, 0.05) is 14.2 Å². The van der Waals surface area contributed by atoms with Gasteiger partial charge in [0.15, 0.2) is 6.61 Å². The van der Waals surface area contributed by atoms with E-state index in [-0.39, 0.29) is 5.90 Å². The zero-order valence-corrected chi connectivity index (χ0v) is 8.41. The molecular weight excluding hydrogens is 194 g/mol. The molecule has 82 valence electrons. The first-order valence-corrected chi connectivity index (χ1v) is 4.03. The van der Waals surface area contributed by atoms with Crippen LogP contribution in [-0.4, -0.2) is 45.5 Å². The van der Waals surface area contributed by atoms with Gasteiger partial charge in [0.2, 0.25) is 5.90 Å². The van der Waals surface area contributed by atoms with E-state index < -0.39 is 19.3 Å². The molecule has 0 aromatic rings. The maximum atomic E-state index is 11.8. The summed E-state index contributed by atoms with van der Waals surface area (Å²) in [5, 5.41) is 0. The highest BCUT2D eigenvalue weighted by Crippen LogP contribution is 1.96. The lowest BCUT2D eigenvalue weighted by molar-refractivity contribution is 0.0744. The van der Waals surface area contributed by atoms with Crippen LogP contribution in [0.5, 0.6) is 0 Å². The van der Waals surface area contributed by atoms with Gasteiger partial charge >= 0.3 is 0 Å². The monoisotopic (exact) mass is 208 g/mol. The lowest BCUT2D eigenvalue weighted by Crippen LogP contribution is -2.16. The molecule has 0 aliphatic carbocycles. The molecular formula is C8H14F2N2O2. The molecule has 0 aromatic carbocycles. The van der Waals surface area contributed by atoms with Crippen molar-refractivity contribution in [1.82, 2.24) is 0 Å². The molecule has 1 unspecified atom stereocenters. The topological polar surface area (TPSA) is 43.2 Å². The van der Waals surface area contributed by atoms with Crippen LogP contribution in [0.25, 0.3) is 0 Å². The van der Waals surface area contributed by atoms with Gasteiger partial charge in [-0.25, -0.2) is 13.8 Å². The van der Waals surface area contributed by atoms with Crippen molar-refractivity contribution >= 4 is 12.1 Å². The third kappa shape index (κ3) is 6.47. The largest absolute Gasteiger partial charge is 0.471 e. The second-order valence-electron chi connectivity index (χ2n) is 2.39. The number of aliphatic imine (C=N–C) groups is 2. The second kappa shape index (κ2) is 7.37. The SMILES string of the molecule is CN=CC(=NC(C)OC)OCC(F)F. The Labute approximate surface area is 81.6 Å². The molecule has 0 spiro atoms. The van der Waals surface area contributed by atoms with Crippen LogP contribution in [0, 0.1) is 0 Å².